The molecule has 1 radical (unpaired) electrons. The van der Waals surface area contributed by atoms with Crippen molar-refractivity contribution < 1.29 is 88.6 Å². The number of nitrogens with zero attached hydrogens (tertiary/aromatic N) is 5. The SMILES string of the molecule is C.COC(=O)C1=C(C)NC(c2nccs2)=N[C@@]1(C)c1ccc(F)c(F)c1.COC(=O)C1=C(CN2CCOC[C@H]2C(=O)OC)NC(c2nccs2)=N[C@@]1(C)c1ccc(F)c(F)c1.COC(=O)[C@H]1CCCOC1.[CH2-]C.[CH2-]CC.[I][V]([I])[I].[V]. The zero-order valence-corrected chi connectivity index (χ0v) is 56.3. The van der Waals surface area contributed by atoms with Crippen LogP contribution in [0.15, 0.2) is 92.1 Å². The number of ether oxygens (including phenoxy) is 6. The van der Waals surface area contributed by atoms with Crippen molar-refractivity contribution in [1.82, 2.24) is 25.5 Å². The predicted octanol–water partition coefficient (Wildman–Crippen LogP) is 11.1. The molecule has 4 aliphatic heterocycles. The van der Waals surface area contributed by atoms with E-state index in [0.717, 1.165) is 50.1 Å². The van der Waals surface area contributed by atoms with Crippen LogP contribution < -0.4 is 10.6 Å². The summed E-state index contributed by atoms with van der Waals surface area (Å²) >= 11 is 10.1. The summed E-state index contributed by atoms with van der Waals surface area (Å²) in [6.45, 7) is 17.8. The van der Waals surface area contributed by atoms with E-state index in [2.05, 4.69) is 104 Å². The third kappa shape index (κ3) is 21.5. The van der Waals surface area contributed by atoms with Gasteiger partial charge in [0.1, 0.15) is 17.1 Å². The van der Waals surface area contributed by atoms with Crippen molar-refractivity contribution in [3.8, 4) is 0 Å². The monoisotopic (exact) mass is 1580 g/mol. The van der Waals surface area contributed by atoms with E-state index >= 15 is 0 Å². The van der Waals surface area contributed by atoms with Crippen LogP contribution in [0.3, 0.4) is 0 Å². The standard InChI is InChI=1S/C23H24F2N4O5S.C17H15F2N3O2S.C7H12O3.C3H7.C2H5.CH4.3HI.2V/c1-23(13-4-5-14(24)15(25)10-13)18(22(31)33-3)16(27-19(28-23)20-26-6-9-35-20)11-29-7-8-34-12-17(29)21(30)32-2;1-9-13(16(23)24-3)17(2,10-4-5-11(18)12(19)8-10)22-14(21-9)15-20-6-7-25-15;1-9-7(8)6-3-2-4-10-5-6;1-3-2;1-2;;;;;;/h4-6,9-10,17H,7-8,11-12H2,1-3H3,(H,27,28);4-8H,1-3H3,(H,21,22);6H,2-5H2,1H3;1,3H2,2H3;1H2,2H3;1H4;3*1H;;/q;;;2*-1;;;;;;+3/p-3/t17-,23-;17-;6-;;;;;;;;/m000......../s1. The average molecular weight is 1580 g/mol. The Morgan fingerprint density at radius 2 is 1.21 bits per heavy atom. The number of hydrogen-bond donors (Lipinski definition) is 2. The number of nitrogens with one attached hydrogen (secondary N) is 2. The molecule has 0 unspecified atom stereocenters. The van der Waals surface area contributed by atoms with E-state index in [4.69, 9.17) is 28.7 Å². The molecular formula is C53H67F4I3N7O10S2V2-2. The van der Waals surface area contributed by atoms with Gasteiger partial charge in [-0.15, -0.1) is 22.7 Å². The maximum atomic E-state index is 14.3. The van der Waals surface area contributed by atoms with Crippen molar-refractivity contribution >= 4 is 118 Å². The van der Waals surface area contributed by atoms with Gasteiger partial charge in [-0.1, -0.05) is 26.5 Å². The Labute approximate surface area is 529 Å². The van der Waals surface area contributed by atoms with Crippen LogP contribution >= 0.6 is 82.6 Å². The molecule has 0 amide bonds. The fraction of sp³-hybridized carbons (Fsp3) is 0.434. The number of morpholine rings is 1. The van der Waals surface area contributed by atoms with Gasteiger partial charge in [0.05, 0.1) is 65.3 Å². The first-order chi connectivity index (χ1) is 37.6. The number of thiazole rings is 2. The second-order valence-electron chi connectivity index (χ2n) is 16.8. The number of methoxy groups -OCH3 is 4. The van der Waals surface area contributed by atoms with Gasteiger partial charge < -0.3 is 52.9 Å². The number of carbonyl (C=O) groups excluding carboxylic acids is 4. The second-order valence-corrected chi connectivity index (χ2v) is 54.0. The summed E-state index contributed by atoms with van der Waals surface area (Å²) in [4.78, 5) is 68.1. The summed E-state index contributed by atoms with van der Waals surface area (Å²) < 4.78 is 85.2. The van der Waals surface area contributed by atoms with E-state index < -0.39 is 58.3 Å². The van der Waals surface area contributed by atoms with Crippen LogP contribution in [0, 0.1) is 43.0 Å². The van der Waals surface area contributed by atoms with E-state index in [0.29, 0.717) is 58.4 Å². The normalized spacial score (nSPS) is 20.0. The predicted molar refractivity (Wildman–Crippen MR) is 324 cm³/mol. The number of esters is 4. The minimum atomic E-state index is -1.45. The maximum Gasteiger partial charge on any atom is 0 e. The van der Waals surface area contributed by atoms with E-state index in [9.17, 15) is 36.7 Å². The smallest absolute Gasteiger partial charge is 0 e. The first-order valence-electron chi connectivity index (χ1n) is 24.0. The van der Waals surface area contributed by atoms with Crippen molar-refractivity contribution in [3.05, 3.63) is 140 Å². The largest absolute Gasteiger partial charge is 0 e. The van der Waals surface area contributed by atoms with E-state index in [-0.39, 0.29) is 72.7 Å². The molecule has 81 heavy (non-hydrogen) atoms. The fourth-order valence-electron chi connectivity index (χ4n) is 8.09. The Kier molecular flexibility index (Phi) is 35.7. The first kappa shape index (κ1) is 76.0. The summed E-state index contributed by atoms with van der Waals surface area (Å²) in [6.07, 6.45) is 6.12. The quantitative estimate of drug-likeness (QED) is 0.0499. The molecule has 8 rings (SSSR count). The number of halogens is 7. The van der Waals surface area contributed by atoms with Crippen LogP contribution in [-0.2, 0) is 82.2 Å². The molecule has 4 aliphatic rings. The number of aliphatic imine (C=N–C) groups is 2. The number of hydrogen-bond acceptors (Lipinski definition) is 19. The Hall–Kier alpha value is -3.04. The molecule has 0 bridgehead atoms. The minimum absolute atomic E-state index is 0. The molecule has 6 heterocycles. The third-order valence-corrected chi connectivity index (χ3v) is 13.2. The van der Waals surface area contributed by atoms with Gasteiger partial charge in [0.2, 0.25) is 0 Å². The molecule has 28 heteroatoms. The zero-order valence-electron chi connectivity index (χ0n) is 45.4. The van der Waals surface area contributed by atoms with Crippen LogP contribution in [0.25, 0.3) is 0 Å². The van der Waals surface area contributed by atoms with Gasteiger partial charge in [-0.05, 0) is 69.0 Å². The number of rotatable bonds is 10. The van der Waals surface area contributed by atoms with Crippen molar-refractivity contribution in [2.75, 3.05) is 68.0 Å². The second kappa shape index (κ2) is 38.1. The van der Waals surface area contributed by atoms with Crippen molar-refractivity contribution in [1.29, 1.82) is 0 Å². The van der Waals surface area contributed by atoms with E-state index in [1.165, 1.54) is 63.2 Å². The van der Waals surface area contributed by atoms with Gasteiger partial charge in [-0.25, -0.2) is 47.1 Å². The minimum Gasteiger partial charge on any atom is 0 e. The molecule has 2 aromatic heterocycles. The van der Waals surface area contributed by atoms with Crippen molar-refractivity contribution in [2.45, 2.75) is 78.4 Å². The van der Waals surface area contributed by atoms with Crippen LogP contribution in [0.4, 0.5) is 17.6 Å². The maximum absolute atomic E-state index is 14.3. The molecule has 0 spiro atoms. The van der Waals surface area contributed by atoms with Crippen LogP contribution in [0.1, 0.15) is 82.4 Å². The van der Waals surface area contributed by atoms with Crippen LogP contribution in [0.5, 0.6) is 0 Å². The van der Waals surface area contributed by atoms with Gasteiger partial charge >= 0.3 is 88.7 Å². The van der Waals surface area contributed by atoms with Gasteiger partial charge in [0, 0.05) is 72.8 Å². The molecule has 4 atom stereocenters. The molecule has 17 nitrogen and oxygen atoms in total. The Morgan fingerprint density at radius 3 is 1.63 bits per heavy atom. The molecule has 4 aromatic rings. The van der Waals surface area contributed by atoms with Gasteiger partial charge in [0.15, 0.2) is 45.0 Å². The molecule has 2 saturated heterocycles. The third-order valence-electron chi connectivity index (χ3n) is 11.7. The molecule has 2 N–H and O–H groups in total. The molecule has 0 aliphatic carbocycles. The number of amidine groups is 2. The van der Waals surface area contributed by atoms with Crippen molar-refractivity contribution in [2.24, 2.45) is 15.9 Å². The zero-order chi connectivity index (χ0) is 59.0. The van der Waals surface area contributed by atoms with Gasteiger partial charge in [-0.2, -0.15) is 13.3 Å². The summed E-state index contributed by atoms with van der Waals surface area (Å²) in [5.74, 6) is -5.20. The van der Waals surface area contributed by atoms with E-state index in [1.54, 1.807) is 50.8 Å². The number of benzene rings is 2. The Bertz CT molecular complexity index is 2780. The summed E-state index contributed by atoms with van der Waals surface area (Å²) in [5.41, 5.74) is -0.894. The summed E-state index contributed by atoms with van der Waals surface area (Å²) in [7, 11) is 5.19. The molecule has 2 aromatic carbocycles. The average Bonchev–Trinajstić information content (AvgIpc) is 4.20. The van der Waals surface area contributed by atoms with E-state index in [1.807, 2.05) is 11.8 Å². The number of allylic oxidation sites excluding steroid dienone is 1. The molecular weight excluding hydrogens is 1520 g/mol. The topological polar surface area (TPSA) is 201 Å². The van der Waals surface area contributed by atoms with Gasteiger partial charge in [0.25, 0.3) is 0 Å². The Morgan fingerprint density at radius 1 is 0.753 bits per heavy atom. The first-order valence-corrected chi connectivity index (χ1v) is 39.3. The van der Waals surface area contributed by atoms with Crippen LogP contribution in [-0.4, -0.2) is 124 Å². The van der Waals surface area contributed by atoms with Gasteiger partial charge in [-0.3, -0.25) is 14.5 Å². The number of carbonyl (C=O) groups is 4. The van der Waals surface area contributed by atoms with Crippen LogP contribution in [0.2, 0.25) is 0 Å². The number of aromatic nitrogens is 2. The summed E-state index contributed by atoms with van der Waals surface area (Å²) in [5, 5.41) is 10.9. The summed E-state index contributed by atoms with van der Waals surface area (Å²) in [6, 6.07) is 6.14. The Balaban J connectivity index is 0.000000618. The fourth-order valence-corrected chi connectivity index (χ4v) is 9.25. The molecule has 447 valence electrons. The molecule has 2 fully saturated rings. The molecule has 0 saturated carbocycles. The van der Waals surface area contributed by atoms with Crippen molar-refractivity contribution in [3.63, 3.8) is 0 Å².